The molecule has 1 N–H and O–H groups in total. The van der Waals surface area contributed by atoms with Crippen LogP contribution in [0.2, 0.25) is 0 Å². The molecule has 1 saturated carbocycles. The molecule has 96 valence electrons. The Labute approximate surface area is 105 Å². The number of nitrogens with one attached hydrogen (secondary N) is 1. The van der Waals surface area contributed by atoms with Crippen LogP contribution in [-0.2, 0) is 13.1 Å². The Morgan fingerprint density at radius 1 is 1.35 bits per heavy atom. The summed E-state index contributed by atoms with van der Waals surface area (Å²) in [6.45, 7) is 6.39. The molecule has 0 aliphatic heterocycles. The molecule has 1 heterocycles. The molecule has 1 aliphatic carbocycles. The molecule has 1 fully saturated rings. The van der Waals surface area contributed by atoms with Crippen LogP contribution in [0.15, 0.2) is 12.4 Å². The van der Waals surface area contributed by atoms with Gasteiger partial charge in [-0.15, -0.1) is 0 Å². The van der Waals surface area contributed by atoms with Gasteiger partial charge in [0.05, 0.1) is 6.20 Å². The van der Waals surface area contributed by atoms with Gasteiger partial charge < -0.3 is 5.32 Å². The quantitative estimate of drug-likeness (QED) is 0.850. The van der Waals surface area contributed by atoms with Crippen molar-refractivity contribution in [1.29, 1.82) is 0 Å². The molecule has 0 bridgehead atoms. The van der Waals surface area contributed by atoms with Crippen molar-refractivity contribution in [2.75, 3.05) is 0 Å². The summed E-state index contributed by atoms with van der Waals surface area (Å²) in [6.07, 6.45) is 11.2. The monoisotopic (exact) mass is 235 g/mol. The molecule has 0 saturated heterocycles. The van der Waals surface area contributed by atoms with E-state index in [0.29, 0.717) is 6.04 Å². The van der Waals surface area contributed by atoms with Crippen molar-refractivity contribution in [3.05, 3.63) is 18.0 Å². The number of hydrogen-bond acceptors (Lipinski definition) is 2. The summed E-state index contributed by atoms with van der Waals surface area (Å²) in [4.78, 5) is 0. The van der Waals surface area contributed by atoms with Gasteiger partial charge in [-0.2, -0.15) is 5.10 Å². The summed E-state index contributed by atoms with van der Waals surface area (Å²) in [7, 11) is 0. The molecule has 0 radical (unpaired) electrons. The van der Waals surface area contributed by atoms with Crippen LogP contribution in [0.5, 0.6) is 0 Å². The van der Waals surface area contributed by atoms with Crippen molar-refractivity contribution in [3.8, 4) is 0 Å². The highest BCUT2D eigenvalue weighted by Gasteiger charge is 2.14. The summed E-state index contributed by atoms with van der Waals surface area (Å²) in [5.74, 6) is 0.856. The molecule has 2 rings (SSSR count). The van der Waals surface area contributed by atoms with E-state index in [4.69, 9.17) is 0 Å². The van der Waals surface area contributed by atoms with E-state index in [9.17, 15) is 0 Å². The molecule has 0 aromatic carbocycles. The Kier molecular flexibility index (Phi) is 4.60. The third-order valence-corrected chi connectivity index (χ3v) is 3.57. The average Bonchev–Trinajstić information content (AvgIpc) is 2.75. The first-order valence-corrected chi connectivity index (χ1v) is 6.99. The van der Waals surface area contributed by atoms with E-state index in [2.05, 4.69) is 35.1 Å². The fraction of sp³-hybridized carbons (Fsp3) is 0.786. The maximum atomic E-state index is 4.46. The van der Waals surface area contributed by atoms with E-state index in [1.54, 1.807) is 0 Å². The highest BCUT2D eigenvalue weighted by molar-refractivity contribution is 5.03. The van der Waals surface area contributed by atoms with Crippen LogP contribution in [-0.4, -0.2) is 15.8 Å². The smallest absolute Gasteiger partial charge is 0.0534 e. The van der Waals surface area contributed by atoms with Crippen LogP contribution < -0.4 is 5.32 Å². The molecule has 3 nitrogen and oxygen atoms in total. The second kappa shape index (κ2) is 6.20. The lowest BCUT2D eigenvalue weighted by Gasteiger charge is -2.21. The van der Waals surface area contributed by atoms with Crippen LogP contribution in [0, 0.1) is 5.92 Å². The Morgan fingerprint density at radius 2 is 2.12 bits per heavy atom. The normalized spacial score (nSPS) is 17.8. The lowest BCUT2D eigenvalue weighted by Crippen LogP contribution is -2.21. The number of rotatable bonds is 5. The van der Waals surface area contributed by atoms with Crippen molar-refractivity contribution in [3.63, 3.8) is 0 Å². The second-order valence-electron chi connectivity index (χ2n) is 5.61. The van der Waals surface area contributed by atoms with Crippen molar-refractivity contribution >= 4 is 0 Å². The zero-order chi connectivity index (χ0) is 12.1. The van der Waals surface area contributed by atoms with E-state index in [1.165, 1.54) is 37.7 Å². The molecule has 0 spiro atoms. The number of nitrogens with zero attached hydrogens (tertiary/aromatic N) is 2. The molecule has 0 amide bonds. The first-order chi connectivity index (χ1) is 8.24. The third-order valence-electron chi connectivity index (χ3n) is 3.57. The first-order valence-electron chi connectivity index (χ1n) is 6.99. The maximum Gasteiger partial charge on any atom is 0.0534 e. The molecule has 0 atom stereocenters. The SMILES string of the molecule is CC(C)NCc1cnn(CC2CCCCC2)c1. The predicted octanol–water partition coefficient (Wildman–Crippen LogP) is 2.96. The molecule has 1 aromatic rings. The van der Waals surface area contributed by atoms with Crippen LogP contribution in [0.4, 0.5) is 0 Å². The highest BCUT2D eigenvalue weighted by atomic mass is 15.3. The van der Waals surface area contributed by atoms with Crippen LogP contribution in [0.1, 0.15) is 51.5 Å². The van der Waals surface area contributed by atoms with Crippen molar-refractivity contribution in [2.24, 2.45) is 5.92 Å². The Morgan fingerprint density at radius 3 is 2.82 bits per heavy atom. The van der Waals surface area contributed by atoms with Gasteiger partial charge in [0.15, 0.2) is 0 Å². The van der Waals surface area contributed by atoms with Crippen molar-refractivity contribution < 1.29 is 0 Å². The first kappa shape index (κ1) is 12.6. The summed E-state index contributed by atoms with van der Waals surface area (Å²) >= 11 is 0. The number of hydrogen-bond donors (Lipinski definition) is 1. The fourth-order valence-corrected chi connectivity index (χ4v) is 2.55. The predicted molar refractivity (Wildman–Crippen MR) is 70.8 cm³/mol. The average molecular weight is 235 g/mol. The van der Waals surface area contributed by atoms with Crippen LogP contribution >= 0.6 is 0 Å². The Hall–Kier alpha value is -0.830. The Bertz CT molecular complexity index is 324. The van der Waals surface area contributed by atoms with Gasteiger partial charge >= 0.3 is 0 Å². The molecule has 1 aromatic heterocycles. The largest absolute Gasteiger partial charge is 0.310 e. The van der Waals surface area contributed by atoms with Gasteiger partial charge in [-0.3, -0.25) is 4.68 Å². The fourth-order valence-electron chi connectivity index (χ4n) is 2.55. The summed E-state index contributed by atoms with van der Waals surface area (Å²) in [6, 6.07) is 0.539. The minimum Gasteiger partial charge on any atom is -0.310 e. The van der Waals surface area contributed by atoms with Gasteiger partial charge in [0, 0.05) is 30.9 Å². The molecular weight excluding hydrogens is 210 g/mol. The van der Waals surface area contributed by atoms with E-state index < -0.39 is 0 Å². The van der Waals surface area contributed by atoms with Gasteiger partial charge in [-0.05, 0) is 18.8 Å². The van der Waals surface area contributed by atoms with E-state index >= 15 is 0 Å². The minimum absolute atomic E-state index is 0.539. The molecule has 1 aliphatic rings. The number of aromatic nitrogens is 2. The van der Waals surface area contributed by atoms with E-state index in [0.717, 1.165) is 19.0 Å². The van der Waals surface area contributed by atoms with Crippen molar-refractivity contribution in [1.82, 2.24) is 15.1 Å². The summed E-state index contributed by atoms with van der Waals surface area (Å²) in [5, 5.41) is 7.89. The van der Waals surface area contributed by atoms with Gasteiger partial charge in [0.2, 0.25) is 0 Å². The summed E-state index contributed by atoms with van der Waals surface area (Å²) < 4.78 is 2.13. The molecular formula is C14H25N3. The topological polar surface area (TPSA) is 29.9 Å². The zero-order valence-corrected chi connectivity index (χ0v) is 11.2. The third kappa shape index (κ3) is 4.15. The standard InChI is InChI=1S/C14H25N3/c1-12(2)15-8-14-9-16-17(11-14)10-13-6-4-3-5-7-13/h9,11-13,15H,3-8,10H2,1-2H3. The lowest BCUT2D eigenvalue weighted by molar-refractivity contribution is 0.308. The van der Waals surface area contributed by atoms with Crippen molar-refractivity contribution in [2.45, 2.75) is 65.1 Å². The molecule has 0 unspecified atom stereocenters. The molecule has 17 heavy (non-hydrogen) atoms. The van der Waals surface area contributed by atoms with Gasteiger partial charge in [0.1, 0.15) is 0 Å². The zero-order valence-electron chi connectivity index (χ0n) is 11.2. The Balaban J connectivity index is 1.80. The van der Waals surface area contributed by atoms with Crippen LogP contribution in [0.25, 0.3) is 0 Å². The van der Waals surface area contributed by atoms with Gasteiger partial charge in [-0.25, -0.2) is 0 Å². The van der Waals surface area contributed by atoms with Gasteiger partial charge in [0.25, 0.3) is 0 Å². The summed E-state index contributed by atoms with van der Waals surface area (Å²) in [5.41, 5.74) is 1.30. The second-order valence-corrected chi connectivity index (χ2v) is 5.61. The van der Waals surface area contributed by atoms with Gasteiger partial charge in [-0.1, -0.05) is 33.1 Å². The van der Waals surface area contributed by atoms with E-state index in [-0.39, 0.29) is 0 Å². The molecule has 3 heteroatoms. The minimum atomic E-state index is 0.539. The maximum absolute atomic E-state index is 4.46. The van der Waals surface area contributed by atoms with E-state index in [1.807, 2.05) is 6.20 Å². The lowest BCUT2D eigenvalue weighted by atomic mass is 9.89. The van der Waals surface area contributed by atoms with Crippen LogP contribution in [0.3, 0.4) is 0 Å². The highest BCUT2D eigenvalue weighted by Crippen LogP contribution is 2.24.